The predicted octanol–water partition coefficient (Wildman–Crippen LogP) is 5.48. The third-order valence-corrected chi connectivity index (χ3v) is 6.16. The molecule has 0 bridgehead atoms. The normalized spacial score (nSPS) is 11.1. The van der Waals surface area contributed by atoms with Crippen molar-refractivity contribution in [1.29, 1.82) is 0 Å². The van der Waals surface area contributed by atoms with Gasteiger partial charge in [0.25, 0.3) is 5.91 Å². The van der Waals surface area contributed by atoms with E-state index in [2.05, 4.69) is 34.6 Å². The molecule has 3 aromatic carbocycles. The summed E-state index contributed by atoms with van der Waals surface area (Å²) in [6.07, 6.45) is 2.35. The van der Waals surface area contributed by atoms with Gasteiger partial charge in [0.2, 0.25) is 0 Å². The topological polar surface area (TPSA) is 67.0 Å². The average molecular weight is 450 g/mol. The van der Waals surface area contributed by atoms with Gasteiger partial charge in [-0.1, -0.05) is 60.7 Å². The Morgan fingerprint density at radius 3 is 2.38 bits per heavy atom. The molecular weight excluding hydrogens is 422 g/mol. The van der Waals surface area contributed by atoms with Gasteiger partial charge in [-0.05, 0) is 54.7 Å². The Kier molecular flexibility index (Phi) is 6.25. The van der Waals surface area contributed by atoms with Gasteiger partial charge in [-0.2, -0.15) is 0 Å². The minimum atomic E-state index is -0.151. The number of aromatic nitrogens is 2. The van der Waals surface area contributed by atoms with Crippen LogP contribution >= 0.6 is 0 Å². The molecule has 1 amide bonds. The number of fused-ring (bicyclic) bond motifs is 3. The molecule has 2 heterocycles. The third kappa shape index (κ3) is 4.64. The summed E-state index contributed by atoms with van der Waals surface area (Å²) in [6.45, 7) is 0.540. The highest BCUT2D eigenvalue weighted by Crippen LogP contribution is 2.28. The number of aromatic amines is 1. The maximum Gasteiger partial charge on any atom is 0.269 e. The zero-order chi connectivity index (χ0) is 23.3. The Labute approximate surface area is 198 Å². The Balaban J connectivity index is 1.39. The van der Waals surface area contributed by atoms with Crippen molar-refractivity contribution >= 4 is 27.7 Å². The first-order valence-electron chi connectivity index (χ1n) is 11.6. The standard InChI is InChI=1S/C29H27N3O2/c1-34-22-14-11-21(12-15-22)17-18-30-29(33)27-19-24-23-9-5-6-10-25(23)32-28(24)26(31-27)16-13-20-7-3-2-4-8-20/h2-12,14-15,19,32H,13,16-18H2,1H3,(H,30,33). The number of aryl methyl sites for hydroxylation is 2. The summed E-state index contributed by atoms with van der Waals surface area (Å²) in [5.41, 5.74) is 5.82. The van der Waals surface area contributed by atoms with Gasteiger partial charge in [-0.3, -0.25) is 4.79 Å². The molecular formula is C29H27N3O2. The van der Waals surface area contributed by atoms with Crippen LogP contribution in [-0.4, -0.2) is 29.5 Å². The van der Waals surface area contributed by atoms with Crippen LogP contribution in [0.5, 0.6) is 5.75 Å². The second-order valence-electron chi connectivity index (χ2n) is 8.39. The monoisotopic (exact) mass is 449 g/mol. The van der Waals surface area contributed by atoms with Crippen LogP contribution in [0.25, 0.3) is 21.8 Å². The fourth-order valence-electron chi connectivity index (χ4n) is 4.32. The molecule has 0 saturated carbocycles. The van der Waals surface area contributed by atoms with E-state index in [0.29, 0.717) is 12.2 Å². The van der Waals surface area contributed by atoms with Crippen LogP contribution in [-0.2, 0) is 19.3 Å². The van der Waals surface area contributed by atoms with E-state index in [4.69, 9.17) is 9.72 Å². The number of nitrogens with zero attached hydrogens (tertiary/aromatic N) is 1. The molecule has 5 nitrogen and oxygen atoms in total. The fourth-order valence-corrected chi connectivity index (χ4v) is 4.32. The van der Waals surface area contributed by atoms with Gasteiger partial charge in [0.05, 0.1) is 18.3 Å². The van der Waals surface area contributed by atoms with E-state index < -0.39 is 0 Å². The summed E-state index contributed by atoms with van der Waals surface area (Å²) in [4.78, 5) is 21.4. The van der Waals surface area contributed by atoms with Gasteiger partial charge in [-0.15, -0.1) is 0 Å². The molecule has 5 rings (SSSR count). The minimum absolute atomic E-state index is 0.151. The van der Waals surface area contributed by atoms with Crippen molar-refractivity contribution in [2.75, 3.05) is 13.7 Å². The van der Waals surface area contributed by atoms with Gasteiger partial charge in [0, 0.05) is 22.8 Å². The number of hydrogen-bond donors (Lipinski definition) is 2. The van der Waals surface area contributed by atoms with Crippen molar-refractivity contribution in [3.8, 4) is 5.75 Å². The number of rotatable bonds is 8. The number of hydrogen-bond acceptors (Lipinski definition) is 3. The quantitative estimate of drug-likeness (QED) is 0.330. The molecule has 0 spiro atoms. The van der Waals surface area contributed by atoms with Gasteiger partial charge in [0.15, 0.2) is 0 Å². The summed E-state index contributed by atoms with van der Waals surface area (Å²) in [5, 5.41) is 5.18. The van der Waals surface area contributed by atoms with Gasteiger partial charge in [-0.25, -0.2) is 4.98 Å². The van der Waals surface area contributed by atoms with E-state index in [9.17, 15) is 4.79 Å². The highest BCUT2D eigenvalue weighted by atomic mass is 16.5. The predicted molar refractivity (Wildman–Crippen MR) is 136 cm³/mol. The second kappa shape index (κ2) is 9.79. The summed E-state index contributed by atoms with van der Waals surface area (Å²) in [5.74, 6) is 0.675. The summed E-state index contributed by atoms with van der Waals surface area (Å²) >= 11 is 0. The lowest BCUT2D eigenvalue weighted by Crippen LogP contribution is -2.26. The van der Waals surface area contributed by atoms with E-state index in [1.165, 1.54) is 5.56 Å². The van der Waals surface area contributed by atoms with Crippen molar-refractivity contribution in [1.82, 2.24) is 15.3 Å². The maximum absolute atomic E-state index is 13.1. The number of para-hydroxylation sites is 1. The second-order valence-corrected chi connectivity index (χ2v) is 8.39. The van der Waals surface area contributed by atoms with E-state index in [0.717, 1.165) is 58.1 Å². The molecule has 0 atom stereocenters. The lowest BCUT2D eigenvalue weighted by Gasteiger charge is -2.09. The summed E-state index contributed by atoms with van der Waals surface area (Å²) < 4.78 is 5.21. The van der Waals surface area contributed by atoms with Gasteiger partial charge >= 0.3 is 0 Å². The Bertz CT molecular complexity index is 1420. The van der Waals surface area contributed by atoms with E-state index >= 15 is 0 Å². The van der Waals surface area contributed by atoms with E-state index in [1.807, 2.05) is 60.7 Å². The van der Waals surface area contributed by atoms with Crippen LogP contribution in [0.2, 0.25) is 0 Å². The van der Waals surface area contributed by atoms with Crippen molar-refractivity contribution in [3.63, 3.8) is 0 Å². The molecule has 170 valence electrons. The molecule has 0 aliphatic heterocycles. The van der Waals surface area contributed by atoms with Crippen molar-refractivity contribution in [2.24, 2.45) is 0 Å². The highest BCUT2D eigenvalue weighted by molar-refractivity contribution is 6.10. The molecule has 0 unspecified atom stereocenters. The van der Waals surface area contributed by atoms with Crippen LogP contribution in [0.4, 0.5) is 0 Å². The number of methoxy groups -OCH3 is 1. The van der Waals surface area contributed by atoms with E-state index in [-0.39, 0.29) is 5.91 Å². The zero-order valence-electron chi connectivity index (χ0n) is 19.2. The molecule has 5 heteroatoms. The molecule has 0 radical (unpaired) electrons. The Morgan fingerprint density at radius 2 is 1.59 bits per heavy atom. The highest BCUT2D eigenvalue weighted by Gasteiger charge is 2.16. The fraction of sp³-hybridized carbons (Fsp3) is 0.172. The summed E-state index contributed by atoms with van der Waals surface area (Å²) in [7, 11) is 1.65. The molecule has 2 N–H and O–H groups in total. The first-order chi connectivity index (χ1) is 16.7. The summed E-state index contributed by atoms with van der Waals surface area (Å²) in [6, 6.07) is 28.4. The number of carbonyl (C=O) groups excluding carboxylic acids is 1. The molecule has 2 aromatic heterocycles. The smallest absolute Gasteiger partial charge is 0.269 e. The lowest BCUT2D eigenvalue weighted by atomic mass is 10.1. The van der Waals surface area contributed by atoms with Crippen LogP contribution in [0, 0.1) is 0 Å². The first kappa shape index (κ1) is 21.7. The lowest BCUT2D eigenvalue weighted by molar-refractivity contribution is 0.0949. The van der Waals surface area contributed by atoms with Gasteiger partial charge < -0.3 is 15.0 Å². The van der Waals surface area contributed by atoms with Crippen LogP contribution in [0.3, 0.4) is 0 Å². The number of H-pyrrole nitrogens is 1. The zero-order valence-corrected chi connectivity index (χ0v) is 19.2. The van der Waals surface area contributed by atoms with Crippen LogP contribution < -0.4 is 10.1 Å². The van der Waals surface area contributed by atoms with Gasteiger partial charge in [0.1, 0.15) is 11.4 Å². The first-order valence-corrected chi connectivity index (χ1v) is 11.6. The average Bonchev–Trinajstić information content (AvgIpc) is 3.27. The molecule has 0 saturated heterocycles. The molecule has 5 aromatic rings. The molecule has 0 aliphatic carbocycles. The minimum Gasteiger partial charge on any atom is -0.497 e. The van der Waals surface area contributed by atoms with E-state index in [1.54, 1.807) is 7.11 Å². The number of benzene rings is 3. The SMILES string of the molecule is COc1ccc(CCNC(=O)c2cc3c([nH]c4ccccc43)c(CCc3ccccc3)n2)cc1. The van der Waals surface area contributed by atoms with Crippen LogP contribution in [0.15, 0.2) is 84.9 Å². The largest absolute Gasteiger partial charge is 0.497 e. The number of nitrogens with one attached hydrogen (secondary N) is 2. The number of amides is 1. The van der Waals surface area contributed by atoms with Crippen molar-refractivity contribution in [2.45, 2.75) is 19.3 Å². The number of pyridine rings is 1. The third-order valence-electron chi connectivity index (χ3n) is 6.16. The molecule has 0 fully saturated rings. The molecule has 34 heavy (non-hydrogen) atoms. The van der Waals surface area contributed by atoms with Crippen molar-refractivity contribution in [3.05, 3.63) is 107 Å². The molecule has 0 aliphatic rings. The number of ether oxygens (including phenoxy) is 1. The van der Waals surface area contributed by atoms with Crippen molar-refractivity contribution < 1.29 is 9.53 Å². The Morgan fingerprint density at radius 1 is 0.853 bits per heavy atom. The number of carbonyl (C=O) groups is 1. The Hall–Kier alpha value is -4.12. The maximum atomic E-state index is 13.1. The van der Waals surface area contributed by atoms with Crippen LogP contribution in [0.1, 0.15) is 27.3 Å².